The van der Waals surface area contributed by atoms with Crippen molar-refractivity contribution in [3.8, 4) is 5.69 Å². The molecule has 0 aliphatic carbocycles. The molecule has 4 aromatic rings. The molecule has 6 heteroatoms. The van der Waals surface area contributed by atoms with Crippen LogP contribution in [0.25, 0.3) is 5.69 Å². The topological polar surface area (TPSA) is 33.1 Å². The number of nitrogens with one attached hydrogen (secondary N) is 1. The molecule has 2 aromatic heterocycles. The fourth-order valence-electron chi connectivity index (χ4n) is 4.02. The van der Waals surface area contributed by atoms with E-state index in [1.54, 1.807) is 0 Å². The van der Waals surface area contributed by atoms with E-state index in [-0.39, 0.29) is 12.1 Å². The lowest BCUT2D eigenvalue weighted by molar-refractivity contribution is 0.549. The summed E-state index contributed by atoms with van der Waals surface area (Å²) in [5, 5.41) is 4.22. The molecular formula is C24H19BrN4S. The third-order valence-electron chi connectivity index (χ3n) is 5.30. The first-order chi connectivity index (χ1) is 14.7. The van der Waals surface area contributed by atoms with E-state index in [2.05, 4.69) is 78.3 Å². The molecule has 1 saturated heterocycles. The molecule has 148 valence electrons. The first-order valence-corrected chi connectivity index (χ1v) is 10.9. The van der Waals surface area contributed by atoms with Crippen LogP contribution in [0.2, 0.25) is 0 Å². The minimum absolute atomic E-state index is 0.0521. The molecule has 0 saturated carbocycles. The number of anilines is 1. The van der Waals surface area contributed by atoms with Crippen molar-refractivity contribution in [3.63, 3.8) is 0 Å². The molecule has 2 aromatic carbocycles. The van der Waals surface area contributed by atoms with E-state index in [1.807, 2.05) is 54.7 Å². The van der Waals surface area contributed by atoms with Gasteiger partial charge in [0, 0.05) is 33.9 Å². The van der Waals surface area contributed by atoms with E-state index in [0.29, 0.717) is 5.11 Å². The Morgan fingerprint density at radius 3 is 2.43 bits per heavy atom. The van der Waals surface area contributed by atoms with E-state index in [0.717, 1.165) is 27.2 Å². The van der Waals surface area contributed by atoms with Gasteiger partial charge >= 0.3 is 0 Å². The number of rotatable bonds is 4. The first kappa shape index (κ1) is 19.0. The summed E-state index contributed by atoms with van der Waals surface area (Å²) in [5.41, 5.74) is 4.25. The summed E-state index contributed by atoms with van der Waals surface area (Å²) >= 11 is 9.40. The number of thiocarbonyl (C=S) groups is 1. The van der Waals surface area contributed by atoms with E-state index < -0.39 is 0 Å². The number of halogens is 1. The van der Waals surface area contributed by atoms with Crippen molar-refractivity contribution in [1.29, 1.82) is 0 Å². The van der Waals surface area contributed by atoms with Crippen LogP contribution in [0.4, 0.5) is 5.69 Å². The smallest absolute Gasteiger partial charge is 0.174 e. The van der Waals surface area contributed by atoms with Gasteiger partial charge in [0.25, 0.3) is 0 Å². The average molecular weight is 475 g/mol. The van der Waals surface area contributed by atoms with E-state index in [9.17, 15) is 0 Å². The largest absolute Gasteiger partial charge is 0.351 e. The fourth-order valence-corrected chi connectivity index (χ4v) is 4.75. The van der Waals surface area contributed by atoms with Crippen LogP contribution in [0.3, 0.4) is 0 Å². The molecule has 2 atom stereocenters. The summed E-state index contributed by atoms with van der Waals surface area (Å²) in [7, 11) is 0. The monoisotopic (exact) mass is 474 g/mol. The van der Waals surface area contributed by atoms with Crippen molar-refractivity contribution >= 4 is 38.9 Å². The SMILES string of the molecule is S=C1N[C@@H](c2ccccn2)[C@H](c2cccn2-c2cccc(Br)c2)N1c1ccccc1. The number of hydrogen-bond donors (Lipinski definition) is 1. The van der Waals surface area contributed by atoms with Crippen LogP contribution in [-0.4, -0.2) is 14.7 Å². The zero-order chi connectivity index (χ0) is 20.5. The van der Waals surface area contributed by atoms with Gasteiger partial charge in [-0.1, -0.05) is 46.3 Å². The highest BCUT2D eigenvalue weighted by Gasteiger charge is 2.42. The molecule has 1 aliphatic heterocycles. The highest BCUT2D eigenvalue weighted by atomic mass is 79.9. The summed E-state index contributed by atoms with van der Waals surface area (Å²) in [6, 6.07) is 28.7. The van der Waals surface area contributed by atoms with Gasteiger partial charge in [0.2, 0.25) is 0 Å². The van der Waals surface area contributed by atoms with Gasteiger partial charge in [-0.3, -0.25) is 4.98 Å². The zero-order valence-electron chi connectivity index (χ0n) is 16.0. The zero-order valence-corrected chi connectivity index (χ0v) is 18.4. The van der Waals surface area contributed by atoms with Gasteiger partial charge in [0.1, 0.15) is 6.04 Å². The van der Waals surface area contributed by atoms with Crippen LogP contribution in [0.15, 0.2) is 102 Å². The maximum atomic E-state index is 5.80. The summed E-state index contributed by atoms with van der Waals surface area (Å²) in [5.74, 6) is 0. The van der Waals surface area contributed by atoms with Gasteiger partial charge in [-0.2, -0.15) is 0 Å². The predicted octanol–water partition coefficient (Wildman–Crippen LogP) is 5.81. The maximum Gasteiger partial charge on any atom is 0.174 e. The Bertz CT molecular complexity index is 1180. The van der Waals surface area contributed by atoms with Crippen molar-refractivity contribution < 1.29 is 0 Å². The summed E-state index contributed by atoms with van der Waals surface area (Å²) in [6.07, 6.45) is 3.92. The third kappa shape index (κ3) is 3.42. The maximum absolute atomic E-state index is 5.80. The summed E-state index contributed by atoms with van der Waals surface area (Å²) < 4.78 is 3.26. The Balaban J connectivity index is 1.67. The van der Waals surface area contributed by atoms with Gasteiger partial charge in [0.05, 0.1) is 11.7 Å². The quantitative estimate of drug-likeness (QED) is 0.378. The van der Waals surface area contributed by atoms with Crippen LogP contribution in [0, 0.1) is 0 Å². The second kappa shape index (κ2) is 8.05. The molecule has 30 heavy (non-hydrogen) atoms. The highest BCUT2D eigenvalue weighted by molar-refractivity contribution is 9.10. The second-order valence-corrected chi connectivity index (χ2v) is 8.42. The lowest BCUT2D eigenvalue weighted by Crippen LogP contribution is -2.30. The number of pyridine rings is 1. The van der Waals surface area contributed by atoms with Crippen LogP contribution < -0.4 is 10.2 Å². The Labute approximate surface area is 189 Å². The summed E-state index contributed by atoms with van der Waals surface area (Å²) in [6.45, 7) is 0. The number of benzene rings is 2. The Kier molecular flexibility index (Phi) is 5.11. The van der Waals surface area contributed by atoms with E-state index in [4.69, 9.17) is 12.2 Å². The Morgan fingerprint density at radius 2 is 1.67 bits per heavy atom. The van der Waals surface area contributed by atoms with Gasteiger partial charge < -0.3 is 14.8 Å². The molecule has 5 rings (SSSR count). The summed E-state index contributed by atoms with van der Waals surface area (Å²) in [4.78, 5) is 6.83. The van der Waals surface area contributed by atoms with Crippen molar-refractivity contribution in [2.45, 2.75) is 12.1 Å². The Hall–Kier alpha value is -2.96. The molecule has 0 radical (unpaired) electrons. The number of hydrogen-bond acceptors (Lipinski definition) is 2. The standard InChI is InChI=1S/C24H19BrN4S/c25-17-8-6-11-19(16-17)28-15-7-13-21(28)23-22(20-12-4-5-14-26-20)27-24(30)29(23)18-9-2-1-3-10-18/h1-16,22-23H,(H,27,30)/t22-,23-/m0/s1. The van der Waals surface area contributed by atoms with Crippen molar-refractivity contribution in [2.75, 3.05) is 4.90 Å². The fraction of sp³-hybridized carbons (Fsp3) is 0.0833. The number of nitrogens with zero attached hydrogens (tertiary/aromatic N) is 3. The molecular weight excluding hydrogens is 456 g/mol. The minimum atomic E-state index is -0.0697. The van der Waals surface area contributed by atoms with Crippen LogP contribution in [0.1, 0.15) is 23.5 Å². The van der Waals surface area contributed by atoms with Crippen LogP contribution in [-0.2, 0) is 0 Å². The number of para-hydroxylation sites is 1. The Morgan fingerprint density at radius 1 is 0.867 bits per heavy atom. The van der Waals surface area contributed by atoms with Crippen molar-refractivity contribution in [1.82, 2.24) is 14.9 Å². The molecule has 1 aliphatic rings. The van der Waals surface area contributed by atoms with Gasteiger partial charge in [-0.15, -0.1) is 0 Å². The second-order valence-electron chi connectivity index (χ2n) is 7.12. The normalized spacial score (nSPS) is 18.4. The molecule has 1 fully saturated rings. The lowest BCUT2D eigenvalue weighted by atomic mass is 10.0. The molecule has 0 spiro atoms. The third-order valence-corrected chi connectivity index (χ3v) is 6.11. The predicted molar refractivity (Wildman–Crippen MR) is 128 cm³/mol. The van der Waals surface area contributed by atoms with Crippen molar-refractivity contribution in [2.24, 2.45) is 0 Å². The van der Waals surface area contributed by atoms with E-state index >= 15 is 0 Å². The van der Waals surface area contributed by atoms with Gasteiger partial charge in [-0.05, 0) is 66.8 Å². The number of aromatic nitrogens is 2. The molecule has 1 N–H and O–H groups in total. The lowest BCUT2D eigenvalue weighted by Gasteiger charge is -2.29. The first-order valence-electron chi connectivity index (χ1n) is 9.71. The highest BCUT2D eigenvalue weighted by Crippen LogP contribution is 2.42. The molecule has 4 nitrogen and oxygen atoms in total. The molecule has 0 bridgehead atoms. The van der Waals surface area contributed by atoms with Gasteiger partial charge in [0.15, 0.2) is 5.11 Å². The van der Waals surface area contributed by atoms with E-state index in [1.165, 1.54) is 0 Å². The molecule has 0 amide bonds. The van der Waals surface area contributed by atoms with Crippen molar-refractivity contribution in [3.05, 3.63) is 113 Å². The van der Waals surface area contributed by atoms with Crippen LogP contribution >= 0.6 is 28.1 Å². The van der Waals surface area contributed by atoms with Gasteiger partial charge in [-0.25, -0.2) is 0 Å². The van der Waals surface area contributed by atoms with Crippen LogP contribution in [0.5, 0.6) is 0 Å². The molecule has 3 heterocycles. The minimum Gasteiger partial charge on any atom is -0.351 e. The molecule has 0 unspecified atom stereocenters. The average Bonchev–Trinajstić information content (AvgIpc) is 3.39.